The van der Waals surface area contributed by atoms with E-state index in [4.69, 9.17) is 16.1 Å². The lowest BCUT2D eigenvalue weighted by molar-refractivity contribution is -0.115. The molecular weight excluding hydrogens is 356 g/mol. The molecule has 0 bridgehead atoms. The molecule has 0 unspecified atom stereocenters. The molecule has 1 heterocycles. The lowest BCUT2D eigenvalue weighted by Gasteiger charge is -2.07. The van der Waals surface area contributed by atoms with Crippen LogP contribution >= 0.6 is 27.5 Å². The van der Waals surface area contributed by atoms with E-state index in [-0.39, 0.29) is 12.3 Å². The topological polar surface area (TPSA) is 55.1 Å². The summed E-state index contributed by atoms with van der Waals surface area (Å²) in [6.45, 7) is 0. The van der Waals surface area contributed by atoms with Crippen LogP contribution in [0.2, 0.25) is 5.02 Å². The van der Waals surface area contributed by atoms with Crippen LogP contribution in [-0.2, 0) is 11.2 Å². The third kappa shape index (κ3) is 2.94. The molecule has 0 aliphatic heterocycles. The normalized spacial score (nSPS) is 10.8. The Morgan fingerprint density at radius 2 is 2.05 bits per heavy atom. The van der Waals surface area contributed by atoms with Crippen molar-refractivity contribution in [2.45, 2.75) is 6.42 Å². The Bertz CT molecular complexity index is 816. The fraction of sp³-hybridized carbons (Fsp3) is 0.0667. The summed E-state index contributed by atoms with van der Waals surface area (Å²) in [5.41, 5.74) is 1.91. The number of nitrogens with one attached hydrogen (secondary N) is 1. The number of fused-ring (bicyclic) bond motifs is 1. The first-order chi connectivity index (χ1) is 10.1. The van der Waals surface area contributed by atoms with E-state index in [1.807, 2.05) is 24.3 Å². The maximum Gasteiger partial charge on any atom is 0.230 e. The molecular formula is C15H10BrClN2O2. The van der Waals surface area contributed by atoms with Crippen molar-refractivity contribution in [1.29, 1.82) is 0 Å². The van der Waals surface area contributed by atoms with Crippen LogP contribution in [0, 0.1) is 0 Å². The number of carbonyl (C=O) groups is 1. The van der Waals surface area contributed by atoms with Gasteiger partial charge in [0.05, 0.1) is 21.6 Å². The van der Waals surface area contributed by atoms with Crippen LogP contribution in [-0.4, -0.2) is 11.1 Å². The Labute approximate surface area is 134 Å². The van der Waals surface area contributed by atoms with Crippen molar-refractivity contribution in [3.63, 3.8) is 0 Å². The summed E-state index contributed by atoms with van der Waals surface area (Å²) in [6, 6.07) is 12.7. The predicted molar refractivity (Wildman–Crippen MR) is 85.5 cm³/mol. The molecule has 0 spiro atoms. The Morgan fingerprint density at radius 1 is 1.24 bits per heavy atom. The minimum Gasteiger partial charge on any atom is -0.356 e. The molecule has 3 rings (SSSR count). The third-order valence-corrected chi connectivity index (χ3v) is 4.40. The van der Waals surface area contributed by atoms with Gasteiger partial charge in [-0.2, -0.15) is 0 Å². The number of carbonyl (C=O) groups excluding carboxylic acids is 1. The van der Waals surface area contributed by atoms with Crippen LogP contribution < -0.4 is 5.32 Å². The highest BCUT2D eigenvalue weighted by Crippen LogP contribution is 2.30. The Hall–Kier alpha value is -1.85. The summed E-state index contributed by atoms with van der Waals surface area (Å²) in [5.74, 6) is -0.183. The highest BCUT2D eigenvalue weighted by Gasteiger charge is 2.13. The quantitative estimate of drug-likeness (QED) is 0.747. The summed E-state index contributed by atoms with van der Waals surface area (Å²) in [7, 11) is 0. The average molecular weight is 366 g/mol. The average Bonchev–Trinajstić information content (AvgIpc) is 2.87. The van der Waals surface area contributed by atoms with Crippen LogP contribution in [0.3, 0.4) is 0 Å². The van der Waals surface area contributed by atoms with Crippen LogP contribution in [0.15, 0.2) is 51.5 Å². The maximum absolute atomic E-state index is 12.1. The zero-order valence-electron chi connectivity index (χ0n) is 10.8. The Morgan fingerprint density at radius 3 is 2.90 bits per heavy atom. The van der Waals surface area contributed by atoms with Crippen molar-refractivity contribution in [1.82, 2.24) is 5.16 Å². The molecule has 3 aromatic rings. The minimum absolute atomic E-state index is 0.135. The van der Waals surface area contributed by atoms with Gasteiger partial charge < -0.3 is 9.84 Å². The number of nitrogens with zero attached hydrogens (tertiary/aromatic N) is 1. The van der Waals surface area contributed by atoms with Gasteiger partial charge in [-0.05, 0) is 40.2 Å². The van der Waals surface area contributed by atoms with Gasteiger partial charge >= 0.3 is 0 Å². The lowest BCUT2D eigenvalue weighted by atomic mass is 10.1. The number of aromatic nitrogens is 1. The van der Waals surface area contributed by atoms with E-state index >= 15 is 0 Å². The highest BCUT2D eigenvalue weighted by atomic mass is 79.9. The highest BCUT2D eigenvalue weighted by molar-refractivity contribution is 9.10. The maximum atomic E-state index is 12.1. The number of amides is 1. The van der Waals surface area contributed by atoms with Gasteiger partial charge in [-0.1, -0.05) is 35.0 Å². The van der Waals surface area contributed by atoms with Gasteiger partial charge in [0.15, 0.2) is 5.58 Å². The zero-order chi connectivity index (χ0) is 14.8. The van der Waals surface area contributed by atoms with Crippen molar-refractivity contribution >= 4 is 50.1 Å². The lowest BCUT2D eigenvalue weighted by Crippen LogP contribution is -2.15. The number of para-hydroxylation sites is 1. The first kappa shape index (κ1) is 14.1. The molecule has 6 heteroatoms. The first-order valence-corrected chi connectivity index (χ1v) is 7.39. The number of anilines is 1. The summed E-state index contributed by atoms with van der Waals surface area (Å²) < 4.78 is 5.84. The van der Waals surface area contributed by atoms with E-state index < -0.39 is 0 Å². The summed E-state index contributed by atoms with van der Waals surface area (Å²) >= 11 is 9.34. The van der Waals surface area contributed by atoms with Gasteiger partial charge in [0.1, 0.15) is 5.69 Å². The van der Waals surface area contributed by atoms with E-state index in [2.05, 4.69) is 26.4 Å². The molecule has 0 atom stereocenters. The van der Waals surface area contributed by atoms with E-state index in [1.54, 1.807) is 18.2 Å². The molecule has 0 saturated carbocycles. The van der Waals surface area contributed by atoms with Gasteiger partial charge in [0, 0.05) is 5.39 Å². The molecule has 0 saturated heterocycles. The fourth-order valence-corrected chi connectivity index (χ4v) is 2.55. The van der Waals surface area contributed by atoms with Crippen LogP contribution in [0.1, 0.15) is 5.69 Å². The minimum atomic E-state index is -0.183. The summed E-state index contributed by atoms with van der Waals surface area (Å²) in [4.78, 5) is 12.1. The standard InChI is InChI=1S/C15H10BrClN2O2/c16-15-10(17)5-3-6-11(15)18-14(20)8-12-9-4-1-2-7-13(9)21-19-12/h1-7H,8H2,(H,18,20). The van der Waals surface area contributed by atoms with E-state index in [0.29, 0.717) is 26.5 Å². The van der Waals surface area contributed by atoms with Crippen molar-refractivity contribution in [3.8, 4) is 0 Å². The van der Waals surface area contributed by atoms with Crippen LogP contribution in [0.5, 0.6) is 0 Å². The van der Waals surface area contributed by atoms with Crippen molar-refractivity contribution in [3.05, 3.63) is 57.7 Å². The Balaban J connectivity index is 1.79. The molecule has 1 N–H and O–H groups in total. The zero-order valence-corrected chi connectivity index (χ0v) is 13.1. The first-order valence-electron chi connectivity index (χ1n) is 6.22. The number of rotatable bonds is 3. The number of hydrogen-bond donors (Lipinski definition) is 1. The third-order valence-electron chi connectivity index (χ3n) is 3.01. The van der Waals surface area contributed by atoms with Crippen LogP contribution in [0.25, 0.3) is 11.0 Å². The molecule has 0 fully saturated rings. The summed E-state index contributed by atoms with van der Waals surface area (Å²) in [6.07, 6.45) is 0.135. The molecule has 0 radical (unpaired) electrons. The Kier molecular flexibility index (Phi) is 3.94. The van der Waals surface area contributed by atoms with E-state index in [1.165, 1.54) is 0 Å². The van der Waals surface area contributed by atoms with Crippen molar-refractivity contribution in [2.75, 3.05) is 5.32 Å². The molecule has 1 aromatic heterocycles. The van der Waals surface area contributed by atoms with Gasteiger partial charge in [0.25, 0.3) is 0 Å². The second-order valence-electron chi connectivity index (χ2n) is 4.45. The molecule has 21 heavy (non-hydrogen) atoms. The van der Waals surface area contributed by atoms with E-state index in [9.17, 15) is 4.79 Å². The monoisotopic (exact) mass is 364 g/mol. The second-order valence-corrected chi connectivity index (χ2v) is 5.65. The molecule has 0 aliphatic rings. The predicted octanol–water partition coefficient (Wildman–Crippen LogP) is 4.42. The second kappa shape index (κ2) is 5.87. The van der Waals surface area contributed by atoms with Crippen LogP contribution in [0.4, 0.5) is 5.69 Å². The van der Waals surface area contributed by atoms with Gasteiger partial charge in [-0.25, -0.2) is 0 Å². The van der Waals surface area contributed by atoms with Crippen molar-refractivity contribution in [2.24, 2.45) is 0 Å². The molecule has 0 aliphatic carbocycles. The summed E-state index contributed by atoms with van der Waals surface area (Å²) in [5, 5.41) is 8.13. The fourth-order valence-electron chi connectivity index (χ4n) is 2.01. The molecule has 1 amide bonds. The number of hydrogen-bond acceptors (Lipinski definition) is 3. The molecule has 4 nitrogen and oxygen atoms in total. The largest absolute Gasteiger partial charge is 0.356 e. The smallest absolute Gasteiger partial charge is 0.230 e. The van der Waals surface area contributed by atoms with Gasteiger partial charge in [-0.3, -0.25) is 4.79 Å². The SMILES string of the molecule is O=C(Cc1noc2ccccc12)Nc1cccc(Cl)c1Br. The number of benzene rings is 2. The molecule has 106 valence electrons. The van der Waals surface area contributed by atoms with E-state index in [0.717, 1.165) is 5.39 Å². The van der Waals surface area contributed by atoms with Gasteiger partial charge in [-0.15, -0.1) is 0 Å². The number of halogens is 2. The van der Waals surface area contributed by atoms with Crippen molar-refractivity contribution < 1.29 is 9.32 Å². The molecule has 2 aromatic carbocycles. The van der Waals surface area contributed by atoms with Gasteiger partial charge in [0.2, 0.25) is 5.91 Å².